The van der Waals surface area contributed by atoms with E-state index < -0.39 is 0 Å². The monoisotopic (exact) mass is 448 g/mol. The van der Waals surface area contributed by atoms with Gasteiger partial charge in [0.05, 0.1) is 6.61 Å². The summed E-state index contributed by atoms with van der Waals surface area (Å²) >= 11 is 0. The number of rotatable bonds is 12. The molecule has 0 fully saturated rings. The van der Waals surface area contributed by atoms with Crippen molar-refractivity contribution in [1.82, 2.24) is 4.98 Å². The molecule has 0 aliphatic carbocycles. The summed E-state index contributed by atoms with van der Waals surface area (Å²) in [5, 5.41) is 4.07. The average molecular weight is 449 g/mol. The molecular formula is C26H28N2O5. The van der Waals surface area contributed by atoms with Gasteiger partial charge in [-0.15, -0.1) is 0 Å². The molecule has 0 N–H and O–H groups in total. The summed E-state index contributed by atoms with van der Waals surface area (Å²) in [6, 6.07) is 21.1. The number of esters is 1. The summed E-state index contributed by atoms with van der Waals surface area (Å²) in [6.45, 7) is 2.87. The SMILES string of the molecule is CCOC(=O)CCc1ccc(OCc2ccc(OCC(=NOC)c3ccccc3)cc2)nc1. The molecule has 0 unspecified atom stereocenters. The van der Waals surface area contributed by atoms with Gasteiger partial charge in [-0.1, -0.05) is 53.7 Å². The number of nitrogens with zero attached hydrogens (tertiary/aromatic N) is 2. The van der Waals surface area contributed by atoms with E-state index in [0.29, 0.717) is 44.3 Å². The normalized spacial score (nSPS) is 11.0. The maximum absolute atomic E-state index is 11.4. The Balaban J connectivity index is 1.46. The molecule has 1 heterocycles. The van der Waals surface area contributed by atoms with Crippen LogP contribution in [0.5, 0.6) is 11.6 Å². The van der Waals surface area contributed by atoms with Crippen molar-refractivity contribution in [3.63, 3.8) is 0 Å². The van der Waals surface area contributed by atoms with Gasteiger partial charge in [0, 0.05) is 24.2 Å². The molecule has 172 valence electrons. The smallest absolute Gasteiger partial charge is 0.306 e. The van der Waals surface area contributed by atoms with Crippen molar-refractivity contribution in [1.29, 1.82) is 0 Å². The average Bonchev–Trinajstić information content (AvgIpc) is 2.86. The van der Waals surface area contributed by atoms with E-state index in [1.165, 1.54) is 7.11 Å². The van der Waals surface area contributed by atoms with Crippen molar-refractivity contribution in [2.75, 3.05) is 20.3 Å². The summed E-state index contributed by atoms with van der Waals surface area (Å²) in [5.74, 6) is 1.05. The Hall–Kier alpha value is -3.87. The number of aryl methyl sites for hydroxylation is 1. The second kappa shape index (κ2) is 12.9. The Kier molecular flexibility index (Phi) is 9.27. The van der Waals surface area contributed by atoms with Crippen molar-refractivity contribution < 1.29 is 23.8 Å². The molecule has 0 spiro atoms. The van der Waals surface area contributed by atoms with Crippen LogP contribution in [0.1, 0.15) is 30.0 Å². The highest BCUT2D eigenvalue weighted by molar-refractivity contribution is 6.01. The molecular weight excluding hydrogens is 420 g/mol. The van der Waals surface area contributed by atoms with Crippen LogP contribution in [-0.2, 0) is 27.4 Å². The number of carbonyl (C=O) groups is 1. The molecule has 2 aromatic carbocycles. The number of oxime groups is 1. The number of aromatic nitrogens is 1. The molecule has 3 rings (SSSR count). The van der Waals surface area contributed by atoms with Gasteiger partial charge in [0.15, 0.2) is 0 Å². The quantitative estimate of drug-likeness (QED) is 0.229. The van der Waals surface area contributed by atoms with E-state index >= 15 is 0 Å². The van der Waals surface area contributed by atoms with Crippen molar-refractivity contribution in [3.05, 3.63) is 89.6 Å². The van der Waals surface area contributed by atoms with Gasteiger partial charge in [-0.2, -0.15) is 0 Å². The number of benzene rings is 2. The zero-order chi connectivity index (χ0) is 23.3. The molecule has 3 aromatic rings. The lowest BCUT2D eigenvalue weighted by Gasteiger charge is -2.10. The highest BCUT2D eigenvalue weighted by Crippen LogP contribution is 2.16. The second-order valence-corrected chi connectivity index (χ2v) is 7.12. The van der Waals surface area contributed by atoms with E-state index in [9.17, 15) is 4.79 Å². The van der Waals surface area contributed by atoms with Crippen LogP contribution >= 0.6 is 0 Å². The Morgan fingerprint density at radius 1 is 0.939 bits per heavy atom. The van der Waals surface area contributed by atoms with Crippen molar-refractivity contribution >= 4 is 11.7 Å². The standard InChI is InChI=1S/C26H28N2O5/c1-3-31-26(29)16-12-20-11-15-25(27-17-20)33-18-21-9-13-23(14-10-21)32-19-24(28-30-2)22-7-5-4-6-8-22/h4-11,13-15,17H,3,12,16,18-19H2,1-2H3. The third kappa shape index (κ3) is 7.96. The lowest BCUT2D eigenvalue weighted by atomic mass is 10.1. The second-order valence-electron chi connectivity index (χ2n) is 7.12. The maximum Gasteiger partial charge on any atom is 0.306 e. The Bertz CT molecular complexity index is 1020. The molecule has 1 aromatic heterocycles. The molecule has 7 heteroatoms. The number of hydrogen-bond donors (Lipinski definition) is 0. The van der Waals surface area contributed by atoms with Crippen LogP contribution in [0.15, 0.2) is 78.1 Å². The van der Waals surface area contributed by atoms with E-state index in [1.807, 2.05) is 60.7 Å². The summed E-state index contributed by atoms with van der Waals surface area (Å²) in [6.07, 6.45) is 2.65. The van der Waals surface area contributed by atoms with Gasteiger partial charge >= 0.3 is 5.97 Å². The largest absolute Gasteiger partial charge is 0.487 e. The Morgan fingerprint density at radius 3 is 2.36 bits per heavy atom. The van der Waals surface area contributed by atoms with Crippen LogP contribution in [-0.4, -0.2) is 37.0 Å². The van der Waals surface area contributed by atoms with E-state index in [2.05, 4.69) is 10.1 Å². The van der Waals surface area contributed by atoms with E-state index in [-0.39, 0.29) is 5.97 Å². The first-order chi connectivity index (χ1) is 16.2. The molecule has 0 saturated heterocycles. The van der Waals surface area contributed by atoms with Crippen molar-refractivity contribution in [2.45, 2.75) is 26.4 Å². The zero-order valence-corrected chi connectivity index (χ0v) is 18.9. The van der Waals surface area contributed by atoms with Crippen LogP contribution in [0.25, 0.3) is 0 Å². The highest BCUT2D eigenvalue weighted by atomic mass is 16.6. The van der Waals surface area contributed by atoms with Gasteiger partial charge in [0.2, 0.25) is 5.88 Å². The van der Waals surface area contributed by atoms with Gasteiger partial charge in [0.25, 0.3) is 0 Å². The molecule has 0 aliphatic heterocycles. The molecule has 0 radical (unpaired) electrons. The van der Waals surface area contributed by atoms with Crippen LogP contribution in [0.2, 0.25) is 0 Å². The summed E-state index contributed by atoms with van der Waals surface area (Å²) in [5.41, 5.74) is 3.61. The maximum atomic E-state index is 11.4. The van der Waals surface area contributed by atoms with Crippen molar-refractivity contribution in [2.24, 2.45) is 5.16 Å². The number of hydrogen-bond acceptors (Lipinski definition) is 7. The summed E-state index contributed by atoms with van der Waals surface area (Å²) in [7, 11) is 1.52. The van der Waals surface area contributed by atoms with Gasteiger partial charge < -0.3 is 19.0 Å². The first-order valence-electron chi connectivity index (χ1n) is 10.8. The number of pyridine rings is 1. The molecule has 0 amide bonds. The third-order valence-corrected chi connectivity index (χ3v) is 4.71. The Morgan fingerprint density at radius 2 is 1.70 bits per heavy atom. The van der Waals surface area contributed by atoms with Gasteiger partial charge in [-0.25, -0.2) is 4.98 Å². The molecule has 0 bridgehead atoms. The van der Waals surface area contributed by atoms with Crippen LogP contribution < -0.4 is 9.47 Å². The highest BCUT2D eigenvalue weighted by Gasteiger charge is 2.07. The van der Waals surface area contributed by atoms with Gasteiger partial charge in [-0.3, -0.25) is 4.79 Å². The molecule has 33 heavy (non-hydrogen) atoms. The minimum absolute atomic E-state index is 0.201. The predicted molar refractivity (Wildman–Crippen MR) is 125 cm³/mol. The minimum Gasteiger partial charge on any atom is -0.487 e. The molecule has 0 atom stereocenters. The topological polar surface area (TPSA) is 79.2 Å². The van der Waals surface area contributed by atoms with Crippen molar-refractivity contribution in [3.8, 4) is 11.6 Å². The summed E-state index contributed by atoms with van der Waals surface area (Å²) < 4.78 is 16.6. The summed E-state index contributed by atoms with van der Waals surface area (Å²) in [4.78, 5) is 20.7. The first-order valence-corrected chi connectivity index (χ1v) is 10.8. The fourth-order valence-electron chi connectivity index (χ4n) is 3.02. The fraction of sp³-hybridized carbons (Fsp3) is 0.269. The predicted octanol–water partition coefficient (Wildman–Crippen LogP) is 4.59. The van der Waals surface area contributed by atoms with Crippen LogP contribution in [0.3, 0.4) is 0 Å². The lowest BCUT2D eigenvalue weighted by Crippen LogP contribution is -2.13. The van der Waals surface area contributed by atoms with E-state index in [4.69, 9.17) is 19.0 Å². The van der Waals surface area contributed by atoms with Crippen LogP contribution in [0, 0.1) is 0 Å². The molecule has 7 nitrogen and oxygen atoms in total. The fourth-order valence-corrected chi connectivity index (χ4v) is 3.02. The molecule has 0 saturated carbocycles. The zero-order valence-electron chi connectivity index (χ0n) is 18.9. The first kappa shape index (κ1) is 23.8. The van der Waals surface area contributed by atoms with Gasteiger partial charge in [0.1, 0.15) is 31.8 Å². The van der Waals surface area contributed by atoms with E-state index in [0.717, 1.165) is 22.4 Å². The minimum atomic E-state index is -0.201. The number of ether oxygens (including phenoxy) is 3. The molecule has 0 aliphatic rings. The number of carbonyl (C=O) groups excluding carboxylic acids is 1. The lowest BCUT2D eigenvalue weighted by molar-refractivity contribution is -0.143. The van der Waals surface area contributed by atoms with Gasteiger partial charge in [-0.05, 0) is 36.6 Å². The van der Waals surface area contributed by atoms with E-state index in [1.54, 1.807) is 19.2 Å². The van der Waals surface area contributed by atoms with Crippen LogP contribution in [0.4, 0.5) is 0 Å². The third-order valence-electron chi connectivity index (χ3n) is 4.71. The Labute approximate surface area is 194 Å².